The van der Waals surface area contributed by atoms with E-state index in [0.29, 0.717) is 0 Å². The number of allylic oxidation sites excluding steroid dienone is 1. The van der Waals surface area contributed by atoms with E-state index >= 15 is 0 Å². The summed E-state index contributed by atoms with van der Waals surface area (Å²) in [7, 11) is 1.70. The smallest absolute Gasteiger partial charge is 0.248 e. The van der Waals surface area contributed by atoms with E-state index in [0.717, 1.165) is 35.0 Å². The van der Waals surface area contributed by atoms with Crippen LogP contribution in [0.5, 0.6) is 0 Å². The van der Waals surface area contributed by atoms with E-state index in [-0.39, 0.29) is 12.4 Å². The first-order valence-electron chi connectivity index (χ1n) is 8.65. The van der Waals surface area contributed by atoms with Gasteiger partial charge in [-0.15, -0.1) is 0 Å². The van der Waals surface area contributed by atoms with Crippen LogP contribution >= 0.6 is 0 Å². The van der Waals surface area contributed by atoms with Crippen molar-refractivity contribution in [3.63, 3.8) is 0 Å². The molecule has 0 saturated heterocycles. The van der Waals surface area contributed by atoms with E-state index in [1.807, 2.05) is 24.4 Å². The quantitative estimate of drug-likeness (QED) is 0.591. The number of ether oxygens (including phenoxy) is 1. The van der Waals surface area contributed by atoms with E-state index in [4.69, 9.17) is 4.74 Å². The van der Waals surface area contributed by atoms with Crippen LogP contribution in [0.15, 0.2) is 41.9 Å². The highest BCUT2D eigenvalue weighted by Gasteiger charge is 2.24. The van der Waals surface area contributed by atoms with Gasteiger partial charge in [-0.05, 0) is 43.5 Å². The maximum absolute atomic E-state index is 5.52. The summed E-state index contributed by atoms with van der Waals surface area (Å²) in [5, 5.41) is 0. The third kappa shape index (κ3) is 4.45. The zero-order chi connectivity index (χ0) is 16.9. The number of aromatic nitrogens is 2. The van der Waals surface area contributed by atoms with E-state index in [1.165, 1.54) is 30.5 Å². The van der Waals surface area contributed by atoms with Gasteiger partial charge in [0.25, 0.3) is 0 Å². The first-order chi connectivity index (χ1) is 11.7. The van der Waals surface area contributed by atoms with Gasteiger partial charge in [0, 0.05) is 23.7 Å². The Morgan fingerprint density at radius 1 is 1.28 bits per heavy atom. The van der Waals surface area contributed by atoms with Crippen LogP contribution in [0.4, 0.5) is 0 Å². The summed E-state index contributed by atoms with van der Waals surface area (Å²) in [4.78, 5) is 10.1. The summed E-state index contributed by atoms with van der Waals surface area (Å²) in [5.74, 6) is 0.847. The van der Waals surface area contributed by atoms with E-state index in [2.05, 4.69) is 41.0 Å². The molecule has 1 aliphatic heterocycles. The van der Waals surface area contributed by atoms with Crippen LogP contribution in [0, 0.1) is 6.92 Å². The van der Waals surface area contributed by atoms with Crippen molar-refractivity contribution < 1.29 is 22.1 Å². The zero-order valence-electron chi connectivity index (χ0n) is 15.1. The van der Waals surface area contributed by atoms with Gasteiger partial charge in [0.15, 0.2) is 5.76 Å². The average molecular weight is 360 g/mol. The van der Waals surface area contributed by atoms with Crippen molar-refractivity contribution >= 4 is 11.8 Å². The molecule has 3 N–H and O–H groups in total. The molecule has 0 unspecified atom stereocenters. The largest absolute Gasteiger partial charge is 1.00 e. The van der Waals surface area contributed by atoms with Gasteiger partial charge in [-0.2, -0.15) is 0 Å². The van der Waals surface area contributed by atoms with Crippen molar-refractivity contribution in [1.29, 1.82) is 0 Å². The topological polar surface area (TPSA) is 54.8 Å². The molecule has 0 bridgehead atoms. The molecule has 25 heavy (non-hydrogen) atoms. The van der Waals surface area contributed by atoms with Crippen LogP contribution in [0.3, 0.4) is 0 Å². The first kappa shape index (κ1) is 19.1. The maximum Gasteiger partial charge on any atom is 0.248 e. The third-order valence-corrected chi connectivity index (χ3v) is 4.41. The molecule has 5 heteroatoms. The number of aryl methyl sites for hydroxylation is 2. The molecular formula is C20H26ClN3O. The molecular weight excluding hydrogens is 334 g/mol. The second kappa shape index (κ2) is 8.77. The van der Waals surface area contributed by atoms with Gasteiger partial charge in [0.1, 0.15) is 5.69 Å². The predicted octanol–water partition coefficient (Wildman–Crippen LogP) is -0.157. The molecule has 0 fully saturated rings. The van der Waals surface area contributed by atoms with Crippen molar-refractivity contribution in [2.45, 2.75) is 39.5 Å². The number of halogens is 1. The molecule has 0 amide bonds. The normalized spacial score (nSPS) is 15.1. The van der Waals surface area contributed by atoms with Crippen LogP contribution in [0.25, 0.3) is 6.08 Å². The summed E-state index contributed by atoms with van der Waals surface area (Å²) in [6.45, 7) is 4.39. The Hall–Kier alpha value is -2.20. The molecule has 0 aliphatic carbocycles. The Balaban J connectivity index is 0.00000225. The minimum absolute atomic E-state index is 0. The molecule has 0 atom stereocenters. The molecule has 134 valence electrons. The number of hydrogen-bond acceptors (Lipinski definition) is 1. The van der Waals surface area contributed by atoms with Gasteiger partial charge >= 0.3 is 0 Å². The van der Waals surface area contributed by atoms with Crippen LogP contribution < -0.4 is 17.4 Å². The Bertz CT molecular complexity index is 782. The predicted molar refractivity (Wildman–Crippen MR) is 97.7 cm³/mol. The molecule has 0 saturated carbocycles. The van der Waals surface area contributed by atoms with Crippen molar-refractivity contribution in [1.82, 2.24) is 9.97 Å². The van der Waals surface area contributed by atoms with Gasteiger partial charge in [-0.1, -0.05) is 19.8 Å². The Morgan fingerprint density at radius 2 is 2.12 bits per heavy atom. The average Bonchev–Trinajstić information content (AvgIpc) is 3.28. The molecule has 0 spiro atoms. The molecule has 3 rings (SSSR count). The van der Waals surface area contributed by atoms with Crippen LogP contribution in [-0.2, 0) is 11.2 Å². The van der Waals surface area contributed by atoms with Crippen LogP contribution in [0.2, 0.25) is 0 Å². The highest BCUT2D eigenvalue weighted by Crippen LogP contribution is 2.18. The lowest BCUT2D eigenvalue weighted by Crippen LogP contribution is -3.00. The van der Waals surface area contributed by atoms with E-state index in [9.17, 15) is 0 Å². The number of rotatable bonds is 7. The van der Waals surface area contributed by atoms with Crippen LogP contribution in [0.1, 0.15) is 48.8 Å². The Kier molecular flexibility index (Phi) is 6.71. The molecule has 1 aliphatic rings. The van der Waals surface area contributed by atoms with Crippen molar-refractivity contribution in [3.8, 4) is 0 Å². The summed E-state index contributed by atoms with van der Waals surface area (Å²) >= 11 is 0. The SMILES string of the molecule is CCCCCc1cc(/C=C2\[NH+]=C(c3ccc[nH]3)C=C2OC)[nH]c1C.[Cl-]. The molecule has 0 radical (unpaired) electrons. The first-order valence-corrected chi connectivity index (χ1v) is 8.65. The van der Waals surface area contributed by atoms with Crippen LogP contribution in [-0.4, -0.2) is 22.8 Å². The summed E-state index contributed by atoms with van der Waals surface area (Å²) in [6, 6.07) is 6.28. The molecule has 4 nitrogen and oxygen atoms in total. The highest BCUT2D eigenvalue weighted by atomic mass is 35.5. The summed E-state index contributed by atoms with van der Waals surface area (Å²) < 4.78 is 5.52. The molecule has 0 aromatic carbocycles. The monoisotopic (exact) mass is 359 g/mol. The Morgan fingerprint density at radius 3 is 2.80 bits per heavy atom. The van der Waals surface area contributed by atoms with Gasteiger partial charge < -0.3 is 27.1 Å². The second-order valence-electron chi connectivity index (χ2n) is 6.23. The fraction of sp³-hybridized carbons (Fsp3) is 0.350. The van der Waals surface area contributed by atoms with Crippen molar-refractivity contribution in [2.24, 2.45) is 0 Å². The summed E-state index contributed by atoms with van der Waals surface area (Å²) in [6.07, 6.45) is 11.0. The highest BCUT2D eigenvalue weighted by molar-refractivity contribution is 6.05. The molecule has 2 aromatic rings. The number of aromatic amines is 2. The number of methoxy groups -OCH3 is 1. The third-order valence-electron chi connectivity index (χ3n) is 4.41. The fourth-order valence-corrected chi connectivity index (χ4v) is 3.06. The molecule has 3 heterocycles. The van der Waals surface area contributed by atoms with Gasteiger partial charge in [-0.3, -0.25) is 0 Å². The lowest BCUT2D eigenvalue weighted by atomic mass is 10.1. The van der Waals surface area contributed by atoms with E-state index in [1.54, 1.807) is 7.11 Å². The Labute approximate surface area is 155 Å². The number of hydrogen-bond donors (Lipinski definition) is 3. The van der Waals surface area contributed by atoms with Crippen molar-refractivity contribution in [3.05, 3.63) is 64.6 Å². The van der Waals surface area contributed by atoms with Gasteiger partial charge in [0.2, 0.25) is 11.4 Å². The fourth-order valence-electron chi connectivity index (χ4n) is 3.06. The minimum Gasteiger partial charge on any atom is -1.00 e. The number of unbranched alkanes of at least 4 members (excludes halogenated alkanes) is 2. The lowest BCUT2D eigenvalue weighted by molar-refractivity contribution is -0.388. The van der Waals surface area contributed by atoms with E-state index < -0.39 is 0 Å². The maximum atomic E-state index is 5.52. The lowest BCUT2D eigenvalue weighted by Gasteiger charge is -1.97. The van der Waals surface area contributed by atoms with Gasteiger partial charge in [0.05, 0.1) is 13.2 Å². The summed E-state index contributed by atoms with van der Waals surface area (Å²) in [5.41, 5.74) is 6.82. The standard InChI is InChI=1S/C20H25N3O.ClH/c1-4-5-6-8-15-11-16(22-14(15)2)12-19-20(24-3)13-18(23-19)17-9-7-10-21-17;/h7,9-13,21-22H,4-6,8H2,1-3H3;1H/b19-12-;. The number of nitrogens with one attached hydrogen (secondary N) is 3. The minimum atomic E-state index is 0. The van der Waals surface area contributed by atoms with Crippen molar-refractivity contribution in [2.75, 3.05) is 7.11 Å². The zero-order valence-corrected chi connectivity index (χ0v) is 15.8. The molecule has 2 aromatic heterocycles. The van der Waals surface area contributed by atoms with Gasteiger partial charge in [-0.25, -0.2) is 4.99 Å². The second-order valence-corrected chi connectivity index (χ2v) is 6.23. The number of H-pyrrole nitrogens is 2.